The molecule has 1 saturated heterocycles. The minimum absolute atomic E-state index is 0.130. The van der Waals surface area contributed by atoms with Gasteiger partial charge in [-0.05, 0) is 75.2 Å². The molecule has 2 atom stereocenters. The Morgan fingerprint density at radius 3 is 2.29 bits per heavy atom. The van der Waals surface area contributed by atoms with Crippen molar-refractivity contribution in [2.45, 2.75) is 38.9 Å². The molecule has 1 heterocycles. The van der Waals surface area contributed by atoms with E-state index < -0.39 is 17.9 Å². The number of carbonyl (C=O) groups is 2. The first-order valence-electron chi connectivity index (χ1n) is 10.4. The highest BCUT2D eigenvalue weighted by Crippen LogP contribution is 2.19. The van der Waals surface area contributed by atoms with Crippen molar-refractivity contribution in [1.29, 1.82) is 0 Å². The van der Waals surface area contributed by atoms with Crippen LogP contribution in [0.1, 0.15) is 37.0 Å². The molecule has 1 fully saturated rings. The molecule has 3 rings (SSSR count). The minimum atomic E-state index is -0.799. The van der Waals surface area contributed by atoms with Gasteiger partial charge < -0.3 is 18.9 Å². The van der Waals surface area contributed by atoms with Gasteiger partial charge in [-0.3, -0.25) is 20.4 Å². The molecule has 2 unspecified atom stereocenters. The van der Waals surface area contributed by atoms with Crippen molar-refractivity contribution in [1.82, 2.24) is 10.9 Å². The number of benzene rings is 2. The number of rotatable bonds is 9. The van der Waals surface area contributed by atoms with Crippen LogP contribution in [0.15, 0.2) is 48.5 Å². The maximum atomic E-state index is 12.3. The zero-order valence-corrected chi connectivity index (χ0v) is 17.8. The molecule has 31 heavy (non-hydrogen) atoms. The second kappa shape index (κ2) is 11.2. The van der Waals surface area contributed by atoms with E-state index in [9.17, 15) is 9.59 Å². The van der Waals surface area contributed by atoms with Crippen LogP contribution in [-0.2, 0) is 9.53 Å². The molecule has 0 saturated carbocycles. The first-order chi connectivity index (χ1) is 15.0. The second-order valence-electron chi connectivity index (χ2n) is 7.08. The van der Waals surface area contributed by atoms with Crippen LogP contribution in [0.4, 0.5) is 0 Å². The first-order valence-corrected chi connectivity index (χ1v) is 10.4. The summed E-state index contributed by atoms with van der Waals surface area (Å²) < 4.78 is 22.2. The van der Waals surface area contributed by atoms with Gasteiger partial charge in [0, 0.05) is 12.2 Å². The van der Waals surface area contributed by atoms with Crippen LogP contribution in [0.2, 0.25) is 0 Å². The lowest BCUT2D eigenvalue weighted by atomic mass is 10.2. The summed E-state index contributed by atoms with van der Waals surface area (Å²) in [6, 6.07) is 13.6. The Morgan fingerprint density at radius 2 is 1.65 bits per heavy atom. The third-order valence-corrected chi connectivity index (χ3v) is 4.69. The molecule has 166 valence electrons. The quantitative estimate of drug-likeness (QED) is 0.597. The smallest absolute Gasteiger partial charge is 0.279 e. The zero-order valence-electron chi connectivity index (χ0n) is 17.8. The van der Waals surface area contributed by atoms with Gasteiger partial charge in [-0.25, -0.2) is 0 Å². The molecule has 2 N–H and O–H groups in total. The van der Waals surface area contributed by atoms with E-state index in [-0.39, 0.29) is 6.10 Å². The number of hydrogen-bond acceptors (Lipinski definition) is 6. The van der Waals surface area contributed by atoms with Gasteiger partial charge in [0.25, 0.3) is 11.8 Å². The number of amides is 2. The Morgan fingerprint density at radius 1 is 1.00 bits per heavy atom. The fourth-order valence-corrected chi connectivity index (χ4v) is 3.00. The standard InChI is InChI=1S/C23H28N2O6/c1-3-28-18-10-12-20(13-11-18)31-16(2)22(26)24-25-23(27)17-6-8-19(9-7-17)30-15-21-5-4-14-29-21/h6-13,16,21H,3-5,14-15H2,1-2H3,(H,24,26)(H,25,27). The summed E-state index contributed by atoms with van der Waals surface area (Å²) in [5, 5.41) is 0. The summed E-state index contributed by atoms with van der Waals surface area (Å²) in [4.78, 5) is 24.5. The normalized spacial score (nSPS) is 16.3. The molecular formula is C23H28N2O6. The van der Waals surface area contributed by atoms with Gasteiger partial charge in [-0.1, -0.05) is 0 Å². The molecule has 0 radical (unpaired) electrons. The highest BCUT2D eigenvalue weighted by molar-refractivity contribution is 5.95. The van der Waals surface area contributed by atoms with Crippen molar-refractivity contribution in [2.24, 2.45) is 0 Å². The lowest BCUT2D eigenvalue weighted by Gasteiger charge is -2.15. The van der Waals surface area contributed by atoms with Gasteiger partial charge in [0.15, 0.2) is 6.10 Å². The van der Waals surface area contributed by atoms with Crippen molar-refractivity contribution >= 4 is 11.8 Å². The van der Waals surface area contributed by atoms with Crippen LogP contribution < -0.4 is 25.1 Å². The number of hydrogen-bond donors (Lipinski definition) is 2. The zero-order chi connectivity index (χ0) is 22.1. The monoisotopic (exact) mass is 428 g/mol. The summed E-state index contributed by atoms with van der Waals surface area (Å²) in [7, 11) is 0. The summed E-state index contributed by atoms with van der Waals surface area (Å²) in [5.41, 5.74) is 5.16. The van der Waals surface area contributed by atoms with E-state index in [0.29, 0.717) is 30.3 Å². The van der Waals surface area contributed by atoms with Gasteiger partial charge in [-0.15, -0.1) is 0 Å². The van der Waals surface area contributed by atoms with Crippen molar-refractivity contribution in [2.75, 3.05) is 19.8 Å². The van der Waals surface area contributed by atoms with Crippen LogP contribution in [0, 0.1) is 0 Å². The van der Waals surface area contributed by atoms with E-state index in [2.05, 4.69) is 10.9 Å². The van der Waals surface area contributed by atoms with Gasteiger partial charge in [0.2, 0.25) is 0 Å². The fourth-order valence-electron chi connectivity index (χ4n) is 3.00. The van der Waals surface area contributed by atoms with Crippen LogP contribution >= 0.6 is 0 Å². The number of carbonyl (C=O) groups excluding carboxylic acids is 2. The molecule has 0 aliphatic carbocycles. The predicted octanol–water partition coefficient (Wildman–Crippen LogP) is 2.87. The number of ether oxygens (including phenoxy) is 4. The molecule has 8 heteroatoms. The lowest BCUT2D eigenvalue weighted by molar-refractivity contribution is -0.128. The van der Waals surface area contributed by atoms with Crippen molar-refractivity contribution in [3.8, 4) is 17.2 Å². The van der Waals surface area contributed by atoms with Gasteiger partial charge in [-0.2, -0.15) is 0 Å². The molecule has 1 aliphatic rings. The van der Waals surface area contributed by atoms with E-state index in [4.69, 9.17) is 18.9 Å². The Balaban J connectivity index is 1.41. The Bertz CT molecular complexity index is 847. The van der Waals surface area contributed by atoms with Gasteiger partial charge in [0.1, 0.15) is 23.9 Å². The largest absolute Gasteiger partial charge is 0.494 e. The summed E-state index contributed by atoms with van der Waals surface area (Å²) in [5.74, 6) is 0.998. The SMILES string of the molecule is CCOc1ccc(OC(C)C(=O)NNC(=O)c2ccc(OCC3CCCO3)cc2)cc1. The fraction of sp³-hybridized carbons (Fsp3) is 0.391. The van der Waals surface area contributed by atoms with E-state index in [1.807, 2.05) is 6.92 Å². The molecule has 0 spiro atoms. The third-order valence-electron chi connectivity index (χ3n) is 4.69. The average molecular weight is 428 g/mol. The molecule has 2 aromatic rings. The first kappa shape index (κ1) is 22.4. The Labute approximate surface area is 181 Å². The van der Waals surface area contributed by atoms with Crippen molar-refractivity contribution < 1.29 is 28.5 Å². The molecule has 0 bridgehead atoms. The number of nitrogens with one attached hydrogen (secondary N) is 2. The molecule has 8 nitrogen and oxygen atoms in total. The van der Waals surface area contributed by atoms with E-state index in [1.165, 1.54) is 0 Å². The second-order valence-corrected chi connectivity index (χ2v) is 7.08. The third kappa shape index (κ3) is 6.89. The molecule has 0 aromatic heterocycles. The van der Waals surface area contributed by atoms with E-state index >= 15 is 0 Å². The van der Waals surface area contributed by atoms with Crippen molar-refractivity contribution in [3.05, 3.63) is 54.1 Å². The highest BCUT2D eigenvalue weighted by atomic mass is 16.5. The topological polar surface area (TPSA) is 95.1 Å². The predicted molar refractivity (Wildman–Crippen MR) is 114 cm³/mol. The van der Waals surface area contributed by atoms with Gasteiger partial charge in [0.05, 0.1) is 12.7 Å². The summed E-state index contributed by atoms with van der Waals surface area (Å²) in [6.45, 7) is 5.35. The molecule has 2 aromatic carbocycles. The molecule has 1 aliphatic heterocycles. The Hall–Kier alpha value is -3.26. The Kier molecular flexibility index (Phi) is 8.12. The summed E-state index contributed by atoms with van der Waals surface area (Å²) >= 11 is 0. The lowest BCUT2D eigenvalue weighted by Crippen LogP contribution is -2.47. The van der Waals surface area contributed by atoms with Crippen LogP contribution in [0.5, 0.6) is 17.2 Å². The van der Waals surface area contributed by atoms with Gasteiger partial charge >= 0.3 is 0 Å². The number of hydrazine groups is 1. The van der Waals surface area contributed by atoms with E-state index in [1.54, 1.807) is 55.5 Å². The molecular weight excluding hydrogens is 400 g/mol. The summed E-state index contributed by atoms with van der Waals surface area (Å²) in [6.07, 6.45) is 1.39. The van der Waals surface area contributed by atoms with Crippen LogP contribution in [0.3, 0.4) is 0 Å². The van der Waals surface area contributed by atoms with Crippen LogP contribution in [0.25, 0.3) is 0 Å². The minimum Gasteiger partial charge on any atom is -0.494 e. The highest BCUT2D eigenvalue weighted by Gasteiger charge is 2.17. The van der Waals surface area contributed by atoms with Crippen molar-refractivity contribution in [3.63, 3.8) is 0 Å². The maximum absolute atomic E-state index is 12.3. The van der Waals surface area contributed by atoms with Crippen LogP contribution in [-0.4, -0.2) is 43.8 Å². The van der Waals surface area contributed by atoms with E-state index in [0.717, 1.165) is 25.2 Å². The molecule has 2 amide bonds. The average Bonchev–Trinajstić information content (AvgIpc) is 3.31. The maximum Gasteiger partial charge on any atom is 0.279 e.